The Morgan fingerprint density at radius 1 is 1.27 bits per heavy atom. The van der Waals surface area contributed by atoms with E-state index in [4.69, 9.17) is 4.74 Å². The van der Waals surface area contributed by atoms with Gasteiger partial charge in [-0.05, 0) is 31.9 Å². The maximum absolute atomic E-state index is 12.4. The van der Waals surface area contributed by atoms with E-state index in [1.165, 1.54) is 6.20 Å². The largest absolute Gasteiger partial charge is 0.462 e. The molecule has 3 rings (SSSR count). The van der Waals surface area contributed by atoms with Crippen LogP contribution in [0.3, 0.4) is 0 Å². The molecule has 0 saturated heterocycles. The van der Waals surface area contributed by atoms with Gasteiger partial charge in [0.05, 0.1) is 42.1 Å². The maximum Gasteiger partial charge on any atom is 0.340 e. The van der Waals surface area contributed by atoms with Gasteiger partial charge < -0.3 is 25.0 Å². The first-order valence-corrected chi connectivity index (χ1v) is 10.6. The number of ether oxygens (including phenoxy) is 1. The average molecular weight is 433 g/mol. The minimum absolute atomic E-state index is 0.0171. The molecule has 0 unspecified atom stereocenters. The van der Waals surface area contributed by atoms with Crippen molar-refractivity contribution in [3.8, 4) is 0 Å². The summed E-state index contributed by atoms with van der Waals surface area (Å²) < 4.78 is 6.61. The topological polar surface area (TPSA) is 123 Å². The molecule has 0 spiro atoms. The SMILES string of the molecule is CCOC(=O)c1ccccc1NC(=O)CSc1ncc(CO)n1CC(=O)NC1CC1. The van der Waals surface area contributed by atoms with E-state index in [9.17, 15) is 19.5 Å². The summed E-state index contributed by atoms with van der Waals surface area (Å²) in [5.41, 5.74) is 1.14. The number of anilines is 1. The van der Waals surface area contributed by atoms with Gasteiger partial charge in [0.15, 0.2) is 5.16 Å². The molecular weight excluding hydrogens is 408 g/mol. The fourth-order valence-corrected chi connectivity index (χ4v) is 3.54. The van der Waals surface area contributed by atoms with Crippen molar-refractivity contribution >= 4 is 35.2 Å². The van der Waals surface area contributed by atoms with Gasteiger partial charge in [-0.15, -0.1) is 0 Å². The van der Waals surface area contributed by atoms with Crippen LogP contribution in [-0.2, 0) is 27.5 Å². The maximum atomic E-state index is 12.4. The summed E-state index contributed by atoms with van der Waals surface area (Å²) in [5, 5.41) is 15.6. The van der Waals surface area contributed by atoms with Crippen LogP contribution in [0.2, 0.25) is 0 Å². The lowest BCUT2D eigenvalue weighted by atomic mass is 10.2. The third-order valence-electron chi connectivity index (χ3n) is 4.34. The van der Waals surface area contributed by atoms with E-state index >= 15 is 0 Å². The highest BCUT2D eigenvalue weighted by molar-refractivity contribution is 7.99. The number of aromatic nitrogens is 2. The molecular formula is C20H24N4O5S. The van der Waals surface area contributed by atoms with Crippen molar-refractivity contribution in [2.45, 2.75) is 44.1 Å². The standard InChI is InChI=1S/C20H24N4O5S/c1-2-29-19(28)15-5-3-4-6-16(15)23-18(27)12-30-20-21-9-14(11-25)24(20)10-17(26)22-13-7-8-13/h3-6,9,13,25H,2,7-8,10-12H2,1H3,(H,22,26)(H,23,27). The predicted octanol–water partition coefficient (Wildman–Crippen LogP) is 1.56. The Morgan fingerprint density at radius 2 is 2.03 bits per heavy atom. The van der Waals surface area contributed by atoms with Gasteiger partial charge in [0, 0.05) is 6.04 Å². The smallest absolute Gasteiger partial charge is 0.340 e. The van der Waals surface area contributed by atoms with Crippen LogP contribution in [0.4, 0.5) is 5.69 Å². The van der Waals surface area contributed by atoms with Gasteiger partial charge in [-0.1, -0.05) is 23.9 Å². The number of hydrogen-bond donors (Lipinski definition) is 3. The molecule has 2 aromatic rings. The first-order valence-electron chi connectivity index (χ1n) is 9.65. The zero-order chi connectivity index (χ0) is 21.5. The van der Waals surface area contributed by atoms with Crippen molar-refractivity contribution in [1.82, 2.24) is 14.9 Å². The number of nitrogens with zero attached hydrogens (tertiary/aromatic N) is 2. The fraction of sp³-hybridized carbons (Fsp3) is 0.400. The minimum Gasteiger partial charge on any atom is -0.462 e. The van der Waals surface area contributed by atoms with Crippen LogP contribution in [-0.4, -0.2) is 50.8 Å². The Bertz CT molecular complexity index is 926. The Morgan fingerprint density at radius 3 is 2.73 bits per heavy atom. The molecule has 9 nitrogen and oxygen atoms in total. The Kier molecular flexibility index (Phi) is 7.47. The van der Waals surface area contributed by atoms with E-state index in [-0.39, 0.29) is 48.9 Å². The molecule has 1 aliphatic rings. The highest BCUT2D eigenvalue weighted by atomic mass is 32.2. The van der Waals surface area contributed by atoms with Crippen LogP contribution in [0.1, 0.15) is 35.8 Å². The van der Waals surface area contributed by atoms with Crippen molar-refractivity contribution < 1.29 is 24.2 Å². The number of para-hydroxylation sites is 1. The van der Waals surface area contributed by atoms with Crippen LogP contribution in [0.5, 0.6) is 0 Å². The third-order valence-corrected chi connectivity index (χ3v) is 5.33. The van der Waals surface area contributed by atoms with Gasteiger partial charge in [0.1, 0.15) is 6.54 Å². The predicted molar refractivity (Wildman–Crippen MR) is 111 cm³/mol. The summed E-state index contributed by atoms with van der Waals surface area (Å²) in [6.07, 6.45) is 3.45. The van der Waals surface area contributed by atoms with E-state index in [1.54, 1.807) is 35.8 Å². The number of imidazole rings is 1. The van der Waals surface area contributed by atoms with Crippen LogP contribution >= 0.6 is 11.8 Å². The number of esters is 1. The molecule has 0 radical (unpaired) electrons. The fourth-order valence-electron chi connectivity index (χ4n) is 2.74. The monoisotopic (exact) mass is 432 g/mol. The molecule has 1 aromatic heterocycles. The first kappa shape index (κ1) is 21.8. The van der Waals surface area contributed by atoms with Crippen molar-refractivity contribution in [3.63, 3.8) is 0 Å². The number of nitrogens with one attached hydrogen (secondary N) is 2. The van der Waals surface area contributed by atoms with Crippen LogP contribution in [0.25, 0.3) is 0 Å². The second kappa shape index (κ2) is 10.3. The van der Waals surface area contributed by atoms with Crippen LogP contribution < -0.4 is 10.6 Å². The summed E-state index contributed by atoms with van der Waals surface area (Å²) in [4.78, 5) is 40.8. The van der Waals surface area contributed by atoms with Gasteiger partial charge in [0.2, 0.25) is 11.8 Å². The summed E-state index contributed by atoms with van der Waals surface area (Å²) in [6.45, 7) is 1.72. The van der Waals surface area contributed by atoms with Crippen molar-refractivity contribution in [3.05, 3.63) is 41.7 Å². The first-order chi connectivity index (χ1) is 14.5. The average Bonchev–Trinajstić information content (AvgIpc) is 3.45. The molecule has 0 aliphatic heterocycles. The third kappa shape index (κ3) is 5.83. The van der Waals surface area contributed by atoms with Crippen LogP contribution in [0.15, 0.2) is 35.6 Å². The van der Waals surface area contributed by atoms with Crippen molar-refractivity contribution in [2.75, 3.05) is 17.7 Å². The number of amides is 2. The number of rotatable bonds is 10. The van der Waals surface area contributed by atoms with Gasteiger partial charge in [-0.25, -0.2) is 9.78 Å². The second-order valence-corrected chi connectivity index (χ2v) is 7.66. The van der Waals surface area contributed by atoms with E-state index < -0.39 is 5.97 Å². The molecule has 1 heterocycles. The molecule has 0 bridgehead atoms. The molecule has 3 N–H and O–H groups in total. The molecule has 2 amide bonds. The zero-order valence-electron chi connectivity index (χ0n) is 16.6. The Balaban J connectivity index is 1.62. The second-order valence-electron chi connectivity index (χ2n) is 6.72. The van der Waals surface area contributed by atoms with Gasteiger partial charge >= 0.3 is 5.97 Å². The highest BCUT2D eigenvalue weighted by Crippen LogP contribution is 2.22. The molecule has 1 saturated carbocycles. The molecule has 10 heteroatoms. The van der Waals surface area contributed by atoms with Crippen LogP contribution in [0, 0.1) is 0 Å². The molecule has 160 valence electrons. The molecule has 1 fully saturated rings. The van der Waals surface area contributed by atoms with E-state index in [0.29, 0.717) is 16.5 Å². The van der Waals surface area contributed by atoms with E-state index in [1.807, 2.05) is 0 Å². The van der Waals surface area contributed by atoms with Gasteiger partial charge in [0.25, 0.3) is 0 Å². The van der Waals surface area contributed by atoms with E-state index in [0.717, 1.165) is 24.6 Å². The summed E-state index contributed by atoms with van der Waals surface area (Å²) in [6, 6.07) is 6.85. The lowest BCUT2D eigenvalue weighted by Crippen LogP contribution is -2.30. The zero-order valence-corrected chi connectivity index (χ0v) is 17.4. The number of aliphatic hydroxyl groups excluding tert-OH is 1. The lowest BCUT2D eigenvalue weighted by molar-refractivity contribution is -0.122. The van der Waals surface area contributed by atoms with Crippen molar-refractivity contribution in [1.29, 1.82) is 0 Å². The number of thioether (sulfide) groups is 1. The van der Waals surface area contributed by atoms with E-state index in [2.05, 4.69) is 15.6 Å². The molecule has 0 atom stereocenters. The molecule has 1 aliphatic carbocycles. The highest BCUT2D eigenvalue weighted by Gasteiger charge is 2.24. The number of aliphatic hydroxyl groups is 1. The summed E-state index contributed by atoms with van der Waals surface area (Å²) in [7, 11) is 0. The van der Waals surface area contributed by atoms with Gasteiger partial charge in [-0.2, -0.15) is 0 Å². The van der Waals surface area contributed by atoms with Crippen molar-refractivity contribution in [2.24, 2.45) is 0 Å². The number of carbonyl (C=O) groups is 3. The number of benzene rings is 1. The minimum atomic E-state index is -0.508. The summed E-state index contributed by atoms with van der Waals surface area (Å²) >= 11 is 1.14. The quantitative estimate of drug-likeness (QED) is 0.385. The number of carbonyl (C=O) groups excluding carboxylic acids is 3. The molecule has 30 heavy (non-hydrogen) atoms. The lowest BCUT2D eigenvalue weighted by Gasteiger charge is -2.12. The Hall–Kier alpha value is -2.85. The molecule has 1 aromatic carbocycles. The van der Waals surface area contributed by atoms with Gasteiger partial charge in [-0.3, -0.25) is 9.59 Å². The normalized spacial score (nSPS) is 13.0. The summed E-state index contributed by atoms with van der Waals surface area (Å²) in [5.74, 6) is -0.978. The number of hydrogen-bond acceptors (Lipinski definition) is 7. The Labute approximate surface area is 178 Å².